The molecule has 0 saturated heterocycles. The number of hydrogen-bond acceptors (Lipinski definition) is 3. The number of carbonyl (C=O) groups excluding carboxylic acids is 1. The lowest BCUT2D eigenvalue weighted by atomic mass is 9.70. The quantitative estimate of drug-likeness (QED) is 0.898. The molecule has 0 spiro atoms. The number of benzene rings is 1. The smallest absolute Gasteiger partial charge is 0.231 e. The molecule has 1 amide bonds. The van der Waals surface area contributed by atoms with E-state index in [9.17, 15) is 9.18 Å². The Morgan fingerprint density at radius 3 is 2.76 bits per heavy atom. The van der Waals surface area contributed by atoms with Crippen molar-refractivity contribution < 1.29 is 9.18 Å². The summed E-state index contributed by atoms with van der Waals surface area (Å²) in [6.07, 6.45) is 3.37. The average Bonchev–Trinajstić information content (AvgIpc) is 2.48. The van der Waals surface area contributed by atoms with Crippen LogP contribution < -0.4 is 11.1 Å². The third-order valence-corrected chi connectivity index (χ3v) is 4.48. The van der Waals surface area contributed by atoms with Crippen LogP contribution in [0.3, 0.4) is 0 Å². The van der Waals surface area contributed by atoms with E-state index in [1.165, 1.54) is 18.2 Å². The molecule has 1 aliphatic carbocycles. The van der Waals surface area contributed by atoms with Gasteiger partial charge in [-0.3, -0.25) is 4.79 Å². The first-order valence-corrected chi connectivity index (χ1v) is 7.22. The molecule has 1 saturated carbocycles. The first-order chi connectivity index (χ1) is 10.0. The van der Waals surface area contributed by atoms with Crippen LogP contribution in [0.5, 0.6) is 0 Å². The molecular formula is C16H20FN3O. The van der Waals surface area contributed by atoms with Crippen LogP contribution in [0, 0.1) is 28.5 Å². The van der Waals surface area contributed by atoms with Crippen LogP contribution in [-0.4, -0.2) is 12.5 Å². The van der Waals surface area contributed by atoms with E-state index in [0.29, 0.717) is 5.92 Å². The normalized spacial score (nSPS) is 25.1. The lowest BCUT2D eigenvalue weighted by Gasteiger charge is -2.37. The molecule has 112 valence electrons. The van der Waals surface area contributed by atoms with E-state index in [1.54, 1.807) is 6.07 Å². The number of nitrogens with one attached hydrogen (secondary N) is 1. The van der Waals surface area contributed by atoms with Gasteiger partial charge in [0.2, 0.25) is 5.91 Å². The second-order valence-corrected chi connectivity index (χ2v) is 5.90. The van der Waals surface area contributed by atoms with Crippen molar-refractivity contribution in [2.24, 2.45) is 17.1 Å². The zero-order valence-corrected chi connectivity index (χ0v) is 12.2. The highest BCUT2D eigenvalue weighted by Crippen LogP contribution is 2.39. The van der Waals surface area contributed by atoms with Gasteiger partial charge in [0.1, 0.15) is 17.4 Å². The number of nitrogens with two attached hydrogens (primary N) is 1. The molecule has 1 aromatic rings. The molecule has 0 atom stereocenters. The van der Waals surface area contributed by atoms with Gasteiger partial charge in [-0.25, -0.2) is 4.39 Å². The Kier molecular flexibility index (Phi) is 4.59. The minimum atomic E-state index is -0.630. The SMILES string of the molecule is CC1CCC(CN)(C(=O)Nc2cccc(F)c2C#N)CC1. The van der Waals surface area contributed by atoms with Gasteiger partial charge in [-0.2, -0.15) is 5.26 Å². The number of rotatable bonds is 3. The Morgan fingerprint density at radius 1 is 1.52 bits per heavy atom. The lowest BCUT2D eigenvalue weighted by molar-refractivity contribution is -0.127. The summed E-state index contributed by atoms with van der Waals surface area (Å²) in [7, 11) is 0. The summed E-state index contributed by atoms with van der Waals surface area (Å²) in [6.45, 7) is 2.43. The van der Waals surface area contributed by atoms with Crippen molar-refractivity contribution in [3.8, 4) is 6.07 Å². The van der Waals surface area contributed by atoms with Gasteiger partial charge in [-0.1, -0.05) is 13.0 Å². The second-order valence-electron chi connectivity index (χ2n) is 5.90. The Labute approximate surface area is 124 Å². The number of carbonyl (C=O) groups is 1. The summed E-state index contributed by atoms with van der Waals surface area (Å²) in [4.78, 5) is 12.6. The zero-order valence-electron chi connectivity index (χ0n) is 12.2. The van der Waals surface area contributed by atoms with Crippen LogP contribution in [0.4, 0.5) is 10.1 Å². The van der Waals surface area contributed by atoms with E-state index in [1.807, 2.05) is 0 Å². The van der Waals surface area contributed by atoms with Gasteiger partial charge in [0, 0.05) is 6.54 Å². The molecule has 1 fully saturated rings. The Morgan fingerprint density at radius 2 is 2.19 bits per heavy atom. The Bertz CT molecular complexity index is 571. The summed E-state index contributed by atoms with van der Waals surface area (Å²) in [5, 5.41) is 11.7. The number of amides is 1. The molecule has 3 N–H and O–H groups in total. The molecule has 1 aromatic carbocycles. The third-order valence-electron chi connectivity index (χ3n) is 4.48. The predicted molar refractivity (Wildman–Crippen MR) is 78.9 cm³/mol. The highest BCUT2D eigenvalue weighted by molar-refractivity contribution is 5.96. The van der Waals surface area contributed by atoms with E-state index < -0.39 is 11.2 Å². The van der Waals surface area contributed by atoms with Gasteiger partial charge in [-0.05, 0) is 43.7 Å². The van der Waals surface area contributed by atoms with Gasteiger partial charge in [0.15, 0.2) is 0 Å². The maximum absolute atomic E-state index is 13.6. The van der Waals surface area contributed by atoms with Crippen molar-refractivity contribution in [3.05, 3.63) is 29.6 Å². The minimum absolute atomic E-state index is 0.137. The highest BCUT2D eigenvalue weighted by Gasteiger charge is 2.40. The first kappa shape index (κ1) is 15.5. The molecule has 0 bridgehead atoms. The van der Waals surface area contributed by atoms with Crippen LogP contribution >= 0.6 is 0 Å². The largest absolute Gasteiger partial charge is 0.329 e. The highest BCUT2D eigenvalue weighted by atomic mass is 19.1. The standard InChI is InChI=1S/C16H20FN3O/c1-11-5-7-16(10-19,8-6-11)15(21)20-14-4-2-3-13(17)12(14)9-18/h2-4,11H,5-8,10,19H2,1H3,(H,20,21). The number of hydrogen-bond donors (Lipinski definition) is 2. The van der Waals surface area contributed by atoms with Crippen molar-refractivity contribution in [1.29, 1.82) is 5.26 Å². The molecule has 2 rings (SSSR count). The van der Waals surface area contributed by atoms with Crippen LogP contribution in [-0.2, 0) is 4.79 Å². The predicted octanol–water partition coefficient (Wildman–Crippen LogP) is 2.79. The van der Waals surface area contributed by atoms with E-state index >= 15 is 0 Å². The maximum Gasteiger partial charge on any atom is 0.231 e. The van der Waals surface area contributed by atoms with Crippen molar-refractivity contribution in [2.75, 3.05) is 11.9 Å². The van der Waals surface area contributed by atoms with Crippen LogP contribution in [0.15, 0.2) is 18.2 Å². The van der Waals surface area contributed by atoms with Gasteiger partial charge < -0.3 is 11.1 Å². The molecular weight excluding hydrogens is 269 g/mol. The van der Waals surface area contributed by atoms with Crippen LogP contribution in [0.25, 0.3) is 0 Å². The second kappa shape index (κ2) is 6.23. The van der Waals surface area contributed by atoms with Gasteiger partial charge in [-0.15, -0.1) is 0 Å². The number of nitrogens with zero attached hydrogens (tertiary/aromatic N) is 1. The minimum Gasteiger partial charge on any atom is -0.329 e. The monoisotopic (exact) mass is 289 g/mol. The van der Waals surface area contributed by atoms with Crippen LogP contribution in [0.1, 0.15) is 38.2 Å². The van der Waals surface area contributed by atoms with E-state index in [0.717, 1.165) is 25.7 Å². The van der Waals surface area contributed by atoms with E-state index in [-0.39, 0.29) is 23.7 Å². The molecule has 4 nitrogen and oxygen atoms in total. The average molecular weight is 289 g/mol. The topological polar surface area (TPSA) is 78.9 Å². The van der Waals surface area contributed by atoms with Crippen molar-refractivity contribution in [1.82, 2.24) is 0 Å². The number of halogens is 1. The summed E-state index contributed by atoms with van der Waals surface area (Å²) < 4.78 is 13.6. The summed E-state index contributed by atoms with van der Waals surface area (Å²) in [5.41, 5.74) is 5.31. The van der Waals surface area contributed by atoms with Gasteiger partial charge in [0.25, 0.3) is 0 Å². The Balaban J connectivity index is 2.21. The maximum atomic E-state index is 13.6. The Hall–Kier alpha value is -1.93. The third kappa shape index (κ3) is 3.06. The molecule has 0 radical (unpaired) electrons. The van der Waals surface area contributed by atoms with Crippen molar-refractivity contribution in [3.63, 3.8) is 0 Å². The van der Waals surface area contributed by atoms with E-state index in [4.69, 9.17) is 11.0 Å². The van der Waals surface area contributed by atoms with Crippen LogP contribution in [0.2, 0.25) is 0 Å². The zero-order chi connectivity index (χ0) is 15.5. The number of nitriles is 1. The molecule has 21 heavy (non-hydrogen) atoms. The summed E-state index contributed by atoms with van der Waals surface area (Å²) in [6, 6.07) is 6.01. The first-order valence-electron chi connectivity index (χ1n) is 7.22. The fourth-order valence-corrected chi connectivity index (χ4v) is 2.84. The summed E-state index contributed by atoms with van der Waals surface area (Å²) >= 11 is 0. The molecule has 0 aliphatic heterocycles. The van der Waals surface area contributed by atoms with Crippen molar-refractivity contribution in [2.45, 2.75) is 32.6 Å². The number of anilines is 1. The fraction of sp³-hybridized carbons (Fsp3) is 0.500. The van der Waals surface area contributed by atoms with E-state index in [2.05, 4.69) is 12.2 Å². The van der Waals surface area contributed by atoms with Gasteiger partial charge >= 0.3 is 0 Å². The fourth-order valence-electron chi connectivity index (χ4n) is 2.84. The molecule has 0 aromatic heterocycles. The summed E-state index contributed by atoms with van der Waals surface area (Å²) in [5.74, 6) is -0.241. The molecule has 1 aliphatic rings. The lowest BCUT2D eigenvalue weighted by Crippen LogP contribution is -2.45. The molecule has 5 heteroatoms. The van der Waals surface area contributed by atoms with Gasteiger partial charge in [0.05, 0.1) is 11.1 Å². The molecule has 0 heterocycles. The molecule has 0 unspecified atom stereocenters. The van der Waals surface area contributed by atoms with Crippen molar-refractivity contribution >= 4 is 11.6 Å².